The minimum atomic E-state index is -3.49. The molecule has 1 saturated heterocycles. The Morgan fingerprint density at radius 3 is 2.38 bits per heavy atom. The summed E-state index contributed by atoms with van der Waals surface area (Å²) >= 11 is 0. The molecule has 2 amide bonds. The van der Waals surface area contributed by atoms with E-state index >= 15 is 0 Å². The van der Waals surface area contributed by atoms with Crippen molar-refractivity contribution in [3.05, 3.63) is 0 Å². The number of nitrogens with zero attached hydrogens (tertiary/aromatic N) is 1. The van der Waals surface area contributed by atoms with Gasteiger partial charge in [0.1, 0.15) is 6.04 Å². The Bertz CT molecular complexity index is 597. The average molecular weight is 360 g/mol. The van der Waals surface area contributed by atoms with Gasteiger partial charge in [0.15, 0.2) is 6.61 Å². The van der Waals surface area contributed by atoms with Gasteiger partial charge in [0.25, 0.3) is 5.91 Å². The van der Waals surface area contributed by atoms with Gasteiger partial charge in [-0.05, 0) is 25.7 Å². The number of hydrogen-bond donors (Lipinski definition) is 1. The van der Waals surface area contributed by atoms with E-state index in [4.69, 9.17) is 4.74 Å². The molecular weight excluding hydrogens is 336 g/mol. The van der Waals surface area contributed by atoms with Gasteiger partial charge in [-0.25, -0.2) is 8.42 Å². The smallest absolute Gasteiger partial charge is 0.324 e. The summed E-state index contributed by atoms with van der Waals surface area (Å²) in [5.74, 6) is -1.91. The molecule has 0 unspecified atom stereocenters. The summed E-state index contributed by atoms with van der Waals surface area (Å²) in [5, 5.41) is 2.25. The van der Waals surface area contributed by atoms with E-state index in [2.05, 4.69) is 5.32 Å². The lowest BCUT2D eigenvalue weighted by Gasteiger charge is -2.21. The molecule has 24 heavy (non-hydrogen) atoms. The van der Waals surface area contributed by atoms with Crippen molar-refractivity contribution in [1.82, 2.24) is 9.62 Å². The van der Waals surface area contributed by atoms with E-state index in [1.165, 1.54) is 0 Å². The zero-order chi connectivity index (χ0) is 17.7. The van der Waals surface area contributed by atoms with Crippen molar-refractivity contribution < 1.29 is 27.5 Å². The first kappa shape index (κ1) is 18.9. The Hall–Kier alpha value is -1.48. The lowest BCUT2D eigenvalue weighted by Crippen LogP contribution is -2.43. The van der Waals surface area contributed by atoms with Crippen LogP contribution in [0.15, 0.2) is 0 Å². The van der Waals surface area contributed by atoms with E-state index in [9.17, 15) is 22.8 Å². The van der Waals surface area contributed by atoms with Crippen LogP contribution in [0.25, 0.3) is 0 Å². The fraction of sp³-hybridized carbons (Fsp3) is 0.800. The second-order valence-electron chi connectivity index (χ2n) is 6.39. The van der Waals surface area contributed by atoms with Crippen molar-refractivity contribution in [1.29, 1.82) is 0 Å². The summed E-state index contributed by atoms with van der Waals surface area (Å²) in [6, 6.07) is -0.887. The molecule has 0 spiro atoms. The topological polar surface area (TPSA) is 110 Å². The third-order valence-electron chi connectivity index (χ3n) is 4.49. The molecule has 1 atom stereocenters. The van der Waals surface area contributed by atoms with Crippen LogP contribution in [-0.2, 0) is 29.1 Å². The number of carbonyl (C=O) groups excluding carboxylic acids is 3. The number of esters is 1. The van der Waals surface area contributed by atoms with Crippen LogP contribution in [0.4, 0.5) is 0 Å². The zero-order valence-electron chi connectivity index (χ0n) is 13.8. The zero-order valence-corrected chi connectivity index (χ0v) is 14.6. The predicted molar refractivity (Wildman–Crippen MR) is 85.3 cm³/mol. The molecule has 1 N–H and O–H groups in total. The van der Waals surface area contributed by atoms with Gasteiger partial charge in [0.2, 0.25) is 15.9 Å². The van der Waals surface area contributed by atoms with Crippen LogP contribution in [0.1, 0.15) is 44.9 Å². The molecule has 0 aromatic heterocycles. The standard InChI is InChI=1S/C15H24N2O6S/c1-24(21,22)17-9-5-8-12(17)15(20)23-10-13(18)16-14(19)11-6-3-2-4-7-11/h11-12H,2-10H2,1H3,(H,16,18,19)/t12-/m0/s1. The van der Waals surface area contributed by atoms with Crippen LogP contribution in [0.3, 0.4) is 0 Å². The van der Waals surface area contributed by atoms with Crippen molar-refractivity contribution in [2.45, 2.75) is 51.0 Å². The first-order valence-electron chi connectivity index (χ1n) is 8.26. The quantitative estimate of drug-likeness (QED) is 0.700. The van der Waals surface area contributed by atoms with Gasteiger partial charge >= 0.3 is 5.97 Å². The Morgan fingerprint density at radius 2 is 1.75 bits per heavy atom. The molecule has 0 aromatic rings. The maximum atomic E-state index is 12.0. The minimum Gasteiger partial charge on any atom is -0.454 e. The number of imide groups is 1. The minimum absolute atomic E-state index is 0.158. The predicted octanol–water partition coefficient (Wildman–Crippen LogP) is 0.177. The van der Waals surface area contributed by atoms with Crippen molar-refractivity contribution >= 4 is 27.8 Å². The Labute approximate surface area is 142 Å². The van der Waals surface area contributed by atoms with Gasteiger partial charge in [-0.3, -0.25) is 19.7 Å². The Balaban J connectivity index is 1.78. The Kier molecular flexibility index (Phi) is 6.34. The number of ether oxygens (including phenoxy) is 1. The first-order valence-corrected chi connectivity index (χ1v) is 10.1. The second kappa shape index (κ2) is 8.06. The summed E-state index contributed by atoms with van der Waals surface area (Å²) in [7, 11) is -3.49. The number of nitrogens with one attached hydrogen (secondary N) is 1. The molecule has 2 fully saturated rings. The summed E-state index contributed by atoms with van der Waals surface area (Å²) in [6.07, 6.45) is 6.57. The molecule has 0 bridgehead atoms. The van der Waals surface area contributed by atoms with Crippen molar-refractivity contribution in [3.8, 4) is 0 Å². The molecule has 1 saturated carbocycles. The maximum Gasteiger partial charge on any atom is 0.324 e. The first-order chi connectivity index (χ1) is 11.3. The third kappa shape index (κ3) is 5.01. The van der Waals surface area contributed by atoms with E-state index in [-0.39, 0.29) is 18.4 Å². The van der Waals surface area contributed by atoms with Crippen LogP contribution in [0, 0.1) is 5.92 Å². The third-order valence-corrected chi connectivity index (χ3v) is 5.77. The molecule has 1 aliphatic carbocycles. The van der Waals surface area contributed by atoms with Crippen LogP contribution < -0.4 is 5.32 Å². The number of hydrogen-bond acceptors (Lipinski definition) is 6. The summed E-state index contributed by atoms with van der Waals surface area (Å²) in [5.41, 5.74) is 0. The van der Waals surface area contributed by atoms with E-state index in [0.29, 0.717) is 12.8 Å². The molecule has 2 rings (SSSR count). The lowest BCUT2D eigenvalue weighted by molar-refractivity contribution is -0.152. The fourth-order valence-corrected chi connectivity index (χ4v) is 4.36. The van der Waals surface area contributed by atoms with E-state index in [1.54, 1.807) is 0 Å². The average Bonchev–Trinajstić information content (AvgIpc) is 3.03. The van der Waals surface area contributed by atoms with Crippen LogP contribution in [-0.4, -0.2) is 56.0 Å². The highest BCUT2D eigenvalue weighted by atomic mass is 32.2. The lowest BCUT2D eigenvalue weighted by atomic mass is 9.89. The van der Waals surface area contributed by atoms with Gasteiger partial charge in [-0.2, -0.15) is 4.31 Å². The maximum absolute atomic E-state index is 12.0. The molecule has 0 radical (unpaired) electrons. The van der Waals surface area contributed by atoms with Crippen molar-refractivity contribution in [3.63, 3.8) is 0 Å². The van der Waals surface area contributed by atoms with Crippen molar-refractivity contribution in [2.75, 3.05) is 19.4 Å². The molecule has 9 heteroatoms. The van der Waals surface area contributed by atoms with E-state index in [1.807, 2.05) is 0 Å². The molecule has 136 valence electrons. The summed E-state index contributed by atoms with van der Waals surface area (Å²) in [4.78, 5) is 35.7. The monoisotopic (exact) mass is 360 g/mol. The normalized spacial score (nSPS) is 23.0. The second-order valence-corrected chi connectivity index (χ2v) is 8.32. The SMILES string of the molecule is CS(=O)(=O)N1CCC[C@H]1C(=O)OCC(=O)NC(=O)C1CCCCC1. The largest absolute Gasteiger partial charge is 0.454 e. The van der Waals surface area contributed by atoms with E-state index in [0.717, 1.165) is 42.7 Å². The molecule has 2 aliphatic rings. The highest BCUT2D eigenvalue weighted by Gasteiger charge is 2.37. The van der Waals surface area contributed by atoms with Crippen LogP contribution >= 0.6 is 0 Å². The van der Waals surface area contributed by atoms with Gasteiger partial charge in [-0.15, -0.1) is 0 Å². The van der Waals surface area contributed by atoms with Crippen LogP contribution in [0.2, 0.25) is 0 Å². The number of sulfonamides is 1. The molecular formula is C15H24N2O6S. The van der Waals surface area contributed by atoms with Gasteiger partial charge < -0.3 is 4.74 Å². The molecule has 1 heterocycles. The Morgan fingerprint density at radius 1 is 1.08 bits per heavy atom. The summed E-state index contributed by atoms with van der Waals surface area (Å²) < 4.78 is 29.2. The molecule has 8 nitrogen and oxygen atoms in total. The summed E-state index contributed by atoms with van der Waals surface area (Å²) in [6.45, 7) is -0.309. The van der Waals surface area contributed by atoms with Gasteiger partial charge in [0.05, 0.1) is 6.26 Å². The van der Waals surface area contributed by atoms with Crippen molar-refractivity contribution in [2.24, 2.45) is 5.92 Å². The highest BCUT2D eigenvalue weighted by molar-refractivity contribution is 7.88. The number of carbonyl (C=O) groups is 3. The number of rotatable bonds is 5. The van der Waals surface area contributed by atoms with Gasteiger partial charge in [0, 0.05) is 12.5 Å². The molecule has 1 aliphatic heterocycles. The van der Waals surface area contributed by atoms with Crippen LogP contribution in [0.5, 0.6) is 0 Å². The fourth-order valence-electron chi connectivity index (χ4n) is 3.25. The number of amides is 2. The highest BCUT2D eigenvalue weighted by Crippen LogP contribution is 2.23. The van der Waals surface area contributed by atoms with Gasteiger partial charge in [-0.1, -0.05) is 19.3 Å². The van der Waals surface area contributed by atoms with E-state index < -0.39 is 34.5 Å². The molecule has 0 aromatic carbocycles.